The van der Waals surface area contributed by atoms with Crippen molar-refractivity contribution in [2.45, 2.75) is 51.2 Å². The van der Waals surface area contributed by atoms with Crippen molar-refractivity contribution >= 4 is 9.28 Å². The minimum atomic E-state index is -1.32. The summed E-state index contributed by atoms with van der Waals surface area (Å²) in [6.45, 7) is 4.18. The first-order valence-electron chi connectivity index (χ1n) is 4.92. The smallest absolute Gasteiger partial charge is 0.324 e. The highest BCUT2D eigenvalue weighted by atomic mass is 28.3. The van der Waals surface area contributed by atoms with Gasteiger partial charge in [0.05, 0.1) is 0 Å². The van der Waals surface area contributed by atoms with Crippen LogP contribution in [0.2, 0.25) is 5.54 Å². The van der Waals surface area contributed by atoms with E-state index in [0.29, 0.717) is 6.10 Å². The molecule has 2 nitrogen and oxygen atoms in total. The summed E-state index contributed by atoms with van der Waals surface area (Å²) in [4.78, 5) is 0. The van der Waals surface area contributed by atoms with Crippen molar-refractivity contribution in [3.63, 3.8) is 0 Å². The van der Waals surface area contributed by atoms with Crippen molar-refractivity contribution in [2.24, 2.45) is 0 Å². The van der Waals surface area contributed by atoms with E-state index in [1.54, 1.807) is 7.11 Å². The molecule has 1 fully saturated rings. The molecule has 0 aliphatic heterocycles. The molecular formula is C9H20O2Si. The highest BCUT2D eigenvalue weighted by Crippen LogP contribution is 2.33. The highest BCUT2D eigenvalue weighted by molar-refractivity contribution is 6.46. The fourth-order valence-electron chi connectivity index (χ4n) is 1.86. The van der Waals surface area contributed by atoms with Crippen LogP contribution in [-0.4, -0.2) is 22.5 Å². The van der Waals surface area contributed by atoms with E-state index in [2.05, 4.69) is 13.8 Å². The summed E-state index contributed by atoms with van der Waals surface area (Å²) in [6.07, 6.45) is 5.74. The summed E-state index contributed by atoms with van der Waals surface area (Å²) in [5, 5.41) is 0. The van der Waals surface area contributed by atoms with Crippen LogP contribution in [-0.2, 0) is 8.85 Å². The van der Waals surface area contributed by atoms with Crippen LogP contribution in [0.1, 0.15) is 39.5 Å². The van der Waals surface area contributed by atoms with Crippen molar-refractivity contribution in [3.8, 4) is 0 Å². The molecule has 1 saturated carbocycles. The van der Waals surface area contributed by atoms with Gasteiger partial charge < -0.3 is 8.85 Å². The summed E-state index contributed by atoms with van der Waals surface area (Å²) >= 11 is 0. The minimum Gasteiger partial charge on any atom is -0.400 e. The zero-order chi connectivity index (χ0) is 8.97. The average molecular weight is 188 g/mol. The van der Waals surface area contributed by atoms with Crippen LogP contribution in [0.4, 0.5) is 0 Å². The molecule has 1 atom stereocenters. The van der Waals surface area contributed by atoms with Gasteiger partial charge in [0, 0.05) is 13.2 Å². The normalized spacial score (nSPS) is 22.0. The molecule has 1 aliphatic carbocycles. The van der Waals surface area contributed by atoms with Gasteiger partial charge in [-0.1, -0.05) is 12.8 Å². The summed E-state index contributed by atoms with van der Waals surface area (Å²) in [7, 11) is 0.480. The van der Waals surface area contributed by atoms with Gasteiger partial charge in [-0.05, 0) is 32.2 Å². The average Bonchev–Trinajstić information content (AvgIpc) is 2.51. The number of hydrogen-bond acceptors (Lipinski definition) is 2. The molecule has 0 heterocycles. The molecule has 72 valence electrons. The van der Waals surface area contributed by atoms with Gasteiger partial charge in [0.25, 0.3) is 0 Å². The van der Waals surface area contributed by atoms with Crippen molar-refractivity contribution < 1.29 is 8.85 Å². The van der Waals surface area contributed by atoms with Crippen molar-refractivity contribution in [2.75, 3.05) is 7.11 Å². The lowest BCUT2D eigenvalue weighted by Gasteiger charge is -2.21. The number of hydrogen-bond donors (Lipinski definition) is 0. The maximum Gasteiger partial charge on any atom is 0.324 e. The largest absolute Gasteiger partial charge is 0.400 e. The van der Waals surface area contributed by atoms with Gasteiger partial charge in [0.1, 0.15) is 0 Å². The van der Waals surface area contributed by atoms with E-state index in [1.807, 2.05) is 0 Å². The predicted molar refractivity (Wildman–Crippen MR) is 52.6 cm³/mol. The van der Waals surface area contributed by atoms with Gasteiger partial charge in [-0.2, -0.15) is 0 Å². The molecule has 0 saturated heterocycles. The minimum absolute atomic E-state index is 0.335. The monoisotopic (exact) mass is 188 g/mol. The molecule has 0 bridgehead atoms. The van der Waals surface area contributed by atoms with Gasteiger partial charge in [0.15, 0.2) is 0 Å². The second kappa shape index (κ2) is 4.99. The highest BCUT2D eigenvalue weighted by Gasteiger charge is 2.28. The molecule has 0 amide bonds. The first-order chi connectivity index (χ1) is 5.74. The maximum atomic E-state index is 5.80. The molecule has 0 aromatic heterocycles. The van der Waals surface area contributed by atoms with Crippen LogP contribution >= 0.6 is 0 Å². The molecule has 0 N–H and O–H groups in total. The Balaban J connectivity index is 2.32. The topological polar surface area (TPSA) is 18.5 Å². The zero-order valence-corrected chi connectivity index (χ0v) is 9.53. The van der Waals surface area contributed by atoms with E-state index in [4.69, 9.17) is 8.85 Å². The van der Waals surface area contributed by atoms with Gasteiger partial charge in [-0.25, -0.2) is 0 Å². The van der Waals surface area contributed by atoms with Crippen LogP contribution in [0.3, 0.4) is 0 Å². The fraction of sp³-hybridized carbons (Fsp3) is 1.00. The number of rotatable bonds is 4. The molecule has 0 aromatic carbocycles. The Kier molecular flexibility index (Phi) is 4.25. The van der Waals surface area contributed by atoms with E-state index in [1.165, 1.54) is 25.7 Å². The molecule has 1 unspecified atom stereocenters. The molecule has 0 aromatic rings. The molecule has 1 rings (SSSR count). The molecule has 1 aliphatic rings. The van der Waals surface area contributed by atoms with Gasteiger partial charge in [-0.15, -0.1) is 0 Å². The van der Waals surface area contributed by atoms with Crippen molar-refractivity contribution in [3.05, 3.63) is 0 Å². The lowest BCUT2D eigenvalue weighted by molar-refractivity contribution is 0.171. The van der Waals surface area contributed by atoms with Crippen LogP contribution in [0.5, 0.6) is 0 Å². The first-order valence-corrected chi connectivity index (χ1v) is 6.53. The third-order valence-corrected chi connectivity index (χ3v) is 5.14. The summed E-state index contributed by atoms with van der Waals surface area (Å²) < 4.78 is 11.3. The molecule has 0 spiro atoms. The SMILES string of the molecule is CO[SiH](OC(C)C)C1CCCC1. The van der Waals surface area contributed by atoms with E-state index in [9.17, 15) is 0 Å². The maximum absolute atomic E-state index is 5.80. The second-order valence-electron chi connectivity index (χ2n) is 3.83. The second-order valence-corrected chi connectivity index (χ2v) is 6.26. The van der Waals surface area contributed by atoms with Crippen molar-refractivity contribution in [1.29, 1.82) is 0 Å². The molecule has 0 radical (unpaired) electrons. The Hall–Kier alpha value is 0.137. The standard InChI is InChI=1S/C9H20O2Si/c1-8(2)11-12(10-3)9-6-4-5-7-9/h8-9,12H,4-7H2,1-3H3. The van der Waals surface area contributed by atoms with Crippen LogP contribution in [0.15, 0.2) is 0 Å². The quantitative estimate of drug-likeness (QED) is 0.630. The Morgan fingerprint density at radius 1 is 1.25 bits per heavy atom. The van der Waals surface area contributed by atoms with Crippen molar-refractivity contribution in [1.82, 2.24) is 0 Å². The Morgan fingerprint density at radius 3 is 2.25 bits per heavy atom. The predicted octanol–water partition coefficient (Wildman–Crippen LogP) is 2.22. The van der Waals surface area contributed by atoms with Crippen LogP contribution in [0, 0.1) is 0 Å². The Morgan fingerprint density at radius 2 is 1.83 bits per heavy atom. The van der Waals surface area contributed by atoms with Crippen LogP contribution < -0.4 is 0 Å². The Labute approximate surface area is 77.1 Å². The fourth-order valence-corrected chi connectivity index (χ4v) is 4.13. The van der Waals surface area contributed by atoms with E-state index >= 15 is 0 Å². The zero-order valence-electron chi connectivity index (χ0n) is 8.38. The van der Waals surface area contributed by atoms with E-state index < -0.39 is 9.28 Å². The summed E-state index contributed by atoms with van der Waals surface area (Å²) in [5.74, 6) is 0. The lowest BCUT2D eigenvalue weighted by Crippen LogP contribution is -2.29. The molecular weight excluding hydrogens is 168 g/mol. The molecule has 12 heavy (non-hydrogen) atoms. The summed E-state index contributed by atoms with van der Waals surface area (Å²) in [6, 6.07) is 0. The third kappa shape index (κ3) is 2.88. The lowest BCUT2D eigenvalue weighted by atomic mass is 10.4. The van der Waals surface area contributed by atoms with Gasteiger partial charge >= 0.3 is 9.28 Å². The Bertz CT molecular complexity index is 122. The van der Waals surface area contributed by atoms with E-state index in [0.717, 1.165) is 5.54 Å². The van der Waals surface area contributed by atoms with Gasteiger partial charge in [-0.3, -0.25) is 0 Å². The van der Waals surface area contributed by atoms with E-state index in [-0.39, 0.29) is 0 Å². The molecule has 3 heteroatoms. The van der Waals surface area contributed by atoms with Gasteiger partial charge in [0.2, 0.25) is 0 Å². The first kappa shape index (κ1) is 10.2. The van der Waals surface area contributed by atoms with Crippen LogP contribution in [0.25, 0.3) is 0 Å². The summed E-state index contributed by atoms with van der Waals surface area (Å²) in [5.41, 5.74) is 0.775. The third-order valence-electron chi connectivity index (χ3n) is 2.42.